The van der Waals surface area contributed by atoms with Crippen molar-refractivity contribution in [1.82, 2.24) is 9.80 Å². The molecular weight excluding hydrogens is 264 g/mol. The number of aliphatic hydroxyl groups excluding tert-OH is 1. The van der Waals surface area contributed by atoms with Crippen molar-refractivity contribution < 1.29 is 24.5 Å². The fourth-order valence-corrected chi connectivity index (χ4v) is 2.35. The molecule has 116 valence electrons. The van der Waals surface area contributed by atoms with Crippen molar-refractivity contribution in [1.29, 1.82) is 0 Å². The summed E-state index contributed by atoms with van der Waals surface area (Å²) in [6.45, 7) is 5.37. The Bertz CT molecular complexity index is 348. The number of hydrogen-bond acceptors (Lipinski definition) is 4. The molecule has 0 saturated carbocycles. The van der Waals surface area contributed by atoms with E-state index in [9.17, 15) is 14.7 Å². The third kappa shape index (κ3) is 4.35. The Morgan fingerprint density at radius 1 is 1.45 bits per heavy atom. The molecule has 0 unspecified atom stereocenters. The quantitative estimate of drug-likeness (QED) is 0.730. The molecule has 2 atom stereocenters. The SMILES string of the molecule is COCCN(CC(C)C)C(=O)N1C[C@H](O)C[C@H]1C(=O)O. The Morgan fingerprint density at radius 3 is 2.60 bits per heavy atom. The van der Waals surface area contributed by atoms with Crippen LogP contribution in [0.3, 0.4) is 0 Å². The molecule has 0 aromatic rings. The zero-order valence-electron chi connectivity index (χ0n) is 12.3. The van der Waals surface area contributed by atoms with Gasteiger partial charge in [0.25, 0.3) is 0 Å². The Morgan fingerprint density at radius 2 is 2.10 bits per heavy atom. The molecule has 7 nitrogen and oxygen atoms in total. The maximum absolute atomic E-state index is 12.5. The van der Waals surface area contributed by atoms with Crippen molar-refractivity contribution >= 4 is 12.0 Å². The number of carbonyl (C=O) groups excluding carboxylic acids is 1. The van der Waals surface area contributed by atoms with Gasteiger partial charge >= 0.3 is 12.0 Å². The van der Waals surface area contributed by atoms with Crippen LogP contribution in [-0.4, -0.2) is 77.5 Å². The number of aliphatic hydroxyl groups is 1. The van der Waals surface area contributed by atoms with E-state index in [1.54, 1.807) is 12.0 Å². The topological polar surface area (TPSA) is 90.3 Å². The van der Waals surface area contributed by atoms with Crippen molar-refractivity contribution in [3.63, 3.8) is 0 Å². The molecule has 1 fully saturated rings. The Kier molecular flexibility index (Phi) is 6.22. The number of rotatable bonds is 6. The highest BCUT2D eigenvalue weighted by Crippen LogP contribution is 2.20. The minimum atomic E-state index is -1.08. The van der Waals surface area contributed by atoms with E-state index in [1.807, 2.05) is 13.8 Å². The Balaban J connectivity index is 2.78. The van der Waals surface area contributed by atoms with E-state index in [0.717, 1.165) is 0 Å². The van der Waals surface area contributed by atoms with Crippen LogP contribution in [0.1, 0.15) is 20.3 Å². The van der Waals surface area contributed by atoms with Gasteiger partial charge in [-0.2, -0.15) is 0 Å². The molecule has 2 N–H and O–H groups in total. The number of β-amino-alcohol motifs (C(OH)–C–C–N with tert-alkyl or cyclic N) is 1. The number of aliphatic carboxylic acids is 1. The maximum Gasteiger partial charge on any atom is 0.326 e. The molecule has 0 bridgehead atoms. The van der Waals surface area contributed by atoms with Crippen LogP contribution in [-0.2, 0) is 9.53 Å². The van der Waals surface area contributed by atoms with Crippen LogP contribution in [0.2, 0.25) is 0 Å². The van der Waals surface area contributed by atoms with Gasteiger partial charge in [0.2, 0.25) is 0 Å². The molecule has 2 amide bonds. The first kappa shape index (κ1) is 16.7. The number of hydrogen-bond donors (Lipinski definition) is 2. The summed E-state index contributed by atoms with van der Waals surface area (Å²) in [6.07, 6.45) is -0.690. The number of ether oxygens (including phenoxy) is 1. The lowest BCUT2D eigenvalue weighted by molar-refractivity contribution is -0.141. The van der Waals surface area contributed by atoms with E-state index in [2.05, 4.69) is 0 Å². The number of carboxylic acids is 1. The first-order valence-electron chi connectivity index (χ1n) is 6.82. The van der Waals surface area contributed by atoms with Gasteiger partial charge in [-0.05, 0) is 5.92 Å². The summed E-state index contributed by atoms with van der Waals surface area (Å²) >= 11 is 0. The molecule has 0 aliphatic carbocycles. The summed E-state index contributed by atoms with van der Waals surface area (Å²) in [4.78, 5) is 26.5. The fourth-order valence-electron chi connectivity index (χ4n) is 2.35. The third-order valence-corrected chi connectivity index (χ3v) is 3.23. The van der Waals surface area contributed by atoms with Crippen LogP contribution in [0, 0.1) is 5.92 Å². The molecule has 20 heavy (non-hydrogen) atoms. The van der Waals surface area contributed by atoms with Gasteiger partial charge in [-0.1, -0.05) is 13.8 Å². The van der Waals surface area contributed by atoms with E-state index >= 15 is 0 Å². The molecule has 0 spiro atoms. The average molecular weight is 288 g/mol. The average Bonchev–Trinajstić information content (AvgIpc) is 2.75. The fraction of sp³-hybridized carbons (Fsp3) is 0.846. The van der Waals surface area contributed by atoms with Crippen molar-refractivity contribution in [2.45, 2.75) is 32.4 Å². The van der Waals surface area contributed by atoms with E-state index in [1.165, 1.54) is 4.90 Å². The summed E-state index contributed by atoms with van der Waals surface area (Å²) in [5.41, 5.74) is 0. The van der Waals surface area contributed by atoms with Gasteiger partial charge in [-0.25, -0.2) is 9.59 Å². The summed E-state index contributed by atoms with van der Waals surface area (Å²) in [5.74, 6) is -0.808. The van der Waals surface area contributed by atoms with Crippen molar-refractivity contribution in [2.24, 2.45) is 5.92 Å². The van der Waals surface area contributed by atoms with Gasteiger partial charge in [-0.15, -0.1) is 0 Å². The highest BCUT2D eigenvalue weighted by atomic mass is 16.5. The number of amides is 2. The van der Waals surface area contributed by atoms with Crippen molar-refractivity contribution in [3.05, 3.63) is 0 Å². The third-order valence-electron chi connectivity index (χ3n) is 3.23. The molecule has 1 aliphatic rings. The van der Waals surface area contributed by atoms with Gasteiger partial charge in [0.15, 0.2) is 0 Å². The number of carbonyl (C=O) groups is 2. The second-order valence-corrected chi connectivity index (χ2v) is 5.51. The number of nitrogens with zero attached hydrogens (tertiary/aromatic N) is 2. The largest absolute Gasteiger partial charge is 0.480 e. The minimum Gasteiger partial charge on any atom is -0.480 e. The normalized spacial score (nSPS) is 22.4. The lowest BCUT2D eigenvalue weighted by atomic mass is 10.2. The number of methoxy groups -OCH3 is 1. The molecule has 1 saturated heterocycles. The lowest BCUT2D eigenvalue weighted by Crippen LogP contribution is -2.50. The van der Waals surface area contributed by atoms with Crippen LogP contribution in [0.5, 0.6) is 0 Å². The van der Waals surface area contributed by atoms with E-state index in [4.69, 9.17) is 9.84 Å². The molecule has 0 radical (unpaired) electrons. The predicted molar refractivity (Wildman–Crippen MR) is 72.4 cm³/mol. The van der Waals surface area contributed by atoms with Gasteiger partial charge < -0.3 is 24.7 Å². The van der Waals surface area contributed by atoms with Gasteiger partial charge in [0, 0.05) is 33.2 Å². The van der Waals surface area contributed by atoms with Crippen LogP contribution >= 0.6 is 0 Å². The van der Waals surface area contributed by atoms with E-state index in [-0.39, 0.29) is 24.9 Å². The summed E-state index contributed by atoms with van der Waals surface area (Å²) in [7, 11) is 1.55. The van der Waals surface area contributed by atoms with Crippen LogP contribution < -0.4 is 0 Å². The smallest absolute Gasteiger partial charge is 0.326 e. The molecule has 1 aliphatic heterocycles. The van der Waals surface area contributed by atoms with Crippen molar-refractivity contribution in [2.75, 3.05) is 33.4 Å². The van der Waals surface area contributed by atoms with Crippen LogP contribution in [0.25, 0.3) is 0 Å². The second-order valence-electron chi connectivity index (χ2n) is 5.51. The molecule has 0 aromatic carbocycles. The first-order valence-corrected chi connectivity index (χ1v) is 6.82. The number of urea groups is 1. The molecule has 1 rings (SSSR count). The van der Waals surface area contributed by atoms with Gasteiger partial charge in [0.05, 0.1) is 12.7 Å². The van der Waals surface area contributed by atoms with Crippen LogP contribution in [0.15, 0.2) is 0 Å². The summed E-state index contributed by atoms with van der Waals surface area (Å²) in [5, 5.41) is 18.7. The lowest BCUT2D eigenvalue weighted by Gasteiger charge is -2.31. The zero-order chi connectivity index (χ0) is 15.3. The monoisotopic (exact) mass is 288 g/mol. The van der Waals surface area contributed by atoms with Crippen molar-refractivity contribution in [3.8, 4) is 0 Å². The molecule has 7 heteroatoms. The minimum absolute atomic E-state index is 0.0668. The number of carboxylic acid groups (broad SMARTS) is 1. The standard InChI is InChI=1S/C13H24N2O5/c1-9(2)7-14(4-5-20-3)13(19)15-8-10(16)6-11(15)12(17)18/h9-11,16H,4-8H2,1-3H3,(H,17,18)/t10-,11+/m1/s1. The van der Waals surface area contributed by atoms with Gasteiger partial charge in [0.1, 0.15) is 6.04 Å². The van der Waals surface area contributed by atoms with E-state index < -0.39 is 18.1 Å². The first-order chi connectivity index (χ1) is 9.36. The van der Waals surface area contributed by atoms with Crippen LogP contribution in [0.4, 0.5) is 4.79 Å². The Hall–Kier alpha value is -1.34. The van der Waals surface area contributed by atoms with Gasteiger partial charge in [-0.3, -0.25) is 0 Å². The molecule has 1 heterocycles. The molecule has 0 aromatic heterocycles. The molecular formula is C13H24N2O5. The second kappa shape index (κ2) is 7.44. The predicted octanol–water partition coefficient (Wildman–Crippen LogP) is 0.231. The summed E-state index contributed by atoms with van der Waals surface area (Å²) < 4.78 is 4.98. The van der Waals surface area contributed by atoms with E-state index in [0.29, 0.717) is 19.7 Å². The summed E-state index contributed by atoms with van der Waals surface area (Å²) in [6, 6.07) is -1.30. The maximum atomic E-state index is 12.5. The zero-order valence-corrected chi connectivity index (χ0v) is 12.3. The number of likely N-dealkylation sites (tertiary alicyclic amines) is 1. The highest BCUT2D eigenvalue weighted by Gasteiger charge is 2.40. The highest BCUT2D eigenvalue weighted by molar-refractivity contribution is 5.83. The Labute approximate surface area is 119 Å².